The molecule has 0 radical (unpaired) electrons. The second-order valence-corrected chi connectivity index (χ2v) is 11.0. The van der Waals surface area contributed by atoms with Gasteiger partial charge in [-0.1, -0.05) is 29.8 Å². The van der Waals surface area contributed by atoms with E-state index < -0.39 is 6.36 Å². The monoisotopic (exact) mass is 562 g/mol. The second kappa shape index (κ2) is 10.5. The highest BCUT2D eigenvalue weighted by molar-refractivity contribution is 7.17. The summed E-state index contributed by atoms with van der Waals surface area (Å²) in [6, 6.07) is 11.9. The molecule has 0 aliphatic carbocycles. The Morgan fingerprint density at radius 1 is 1.16 bits per heavy atom. The first-order chi connectivity index (χ1) is 18.1. The van der Waals surface area contributed by atoms with Gasteiger partial charge >= 0.3 is 6.36 Å². The molecular weight excluding hydrogens is 537 g/mol. The average Bonchev–Trinajstić information content (AvgIpc) is 3.36. The highest BCUT2D eigenvalue weighted by atomic mass is 35.5. The van der Waals surface area contributed by atoms with E-state index in [-0.39, 0.29) is 17.6 Å². The van der Waals surface area contributed by atoms with E-state index >= 15 is 0 Å². The fraction of sp³-hybridized carbons (Fsp3) is 0.333. The van der Waals surface area contributed by atoms with E-state index in [1.165, 1.54) is 12.1 Å². The lowest BCUT2D eigenvalue weighted by Crippen LogP contribution is -2.33. The number of thiazole rings is 1. The summed E-state index contributed by atoms with van der Waals surface area (Å²) in [5.41, 5.74) is 4.05. The Balaban J connectivity index is 1.17. The number of ether oxygens (including phenoxy) is 1. The number of hydrogen-bond donors (Lipinski definition) is 1. The number of alkyl halides is 3. The van der Waals surface area contributed by atoms with Gasteiger partial charge < -0.3 is 15.0 Å². The minimum Gasteiger partial charge on any atom is -0.406 e. The zero-order chi connectivity index (χ0) is 27.0. The van der Waals surface area contributed by atoms with Crippen LogP contribution in [0.25, 0.3) is 4.96 Å². The highest BCUT2D eigenvalue weighted by Gasteiger charge is 2.31. The molecule has 38 heavy (non-hydrogen) atoms. The van der Waals surface area contributed by atoms with Crippen LogP contribution >= 0.6 is 22.9 Å². The molecule has 11 heteroatoms. The molecule has 0 unspecified atom stereocenters. The number of amides is 1. The Bertz CT molecular complexity index is 1460. The van der Waals surface area contributed by atoms with Crippen LogP contribution in [0, 0.1) is 13.8 Å². The van der Waals surface area contributed by atoms with Crippen molar-refractivity contribution in [2.75, 3.05) is 18.0 Å². The maximum atomic E-state index is 12.9. The number of imidazole rings is 1. The third-order valence-corrected chi connectivity index (χ3v) is 7.92. The van der Waals surface area contributed by atoms with Gasteiger partial charge in [-0.3, -0.25) is 9.20 Å². The largest absolute Gasteiger partial charge is 0.573 e. The normalized spacial score (nSPS) is 14.7. The molecular formula is C27H26ClF3N4O2S. The van der Waals surface area contributed by atoms with Crippen LogP contribution in [-0.4, -0.2) is 34.7 Å². The number of rotatable bonds is 6. The number of benzene rings is 2. The van der Waals surface area contributed by atoms with Crippen molar-refractivity contribution in [2.24, 2.45) is 0 Å². The number of hydrogen-bond acceptors (Lipinski definition) is 5. The maximum Gasteiger partial charge on any atom is 0.573 e. The predicted molar refractivity (Wildman–Crippen MR) is 142 cm³/mol. The minimum atomic E-state index is -4.69. The van der Waals surface area contributed by atoms with Gasteiger partial charge in [0.05, 0.1) is 16.4 Å². The van der Waals surface area contributed by atoms with Gasteiger partial charge in [-0.2, -0.15) is 0 Å². The molecule has 1 fully saturated rings. The number of aromatic nitrogens is 2. The van der Waals surface area contributed by atoms with E-state index in [9.17, 15) is 18.0 Å². The van der Waals surface area contributed by atoms with Crippen molar-refractivity contribution in [1.29, 1.82) is 0 Å². The molecule has 2 aromatic heterocycles. The molecule has 1 aliphatic heterocycles. The first-order valence-electron chi connectivity index (χ1n) is 12.2. The number of anilines is 1. The van der Waals surface area contributed by atoms with Crippen molar-refractivity contribution >= 4 is 39.5 Å². The molecule has 0 atom stereocenters. The van der Waals surface area contributed by atoms with Crippen molar-refractivity contribution in [3.63, 3.8) is 0 Å². The van der Waals surface area contributed by atoms with Gasteiger partial charge in [-0.25, -0.2) is 4.98 Å². The number of aryl methyl sites for hydroxylation is 2. The Kier molecular flexibility index (Phi) is 7.28. The van der Waals surface area contributed by atoms with Crippen LogP contribution in [0.4, 0.5) is 18.9 Å². The lowest BCUT2D eigenvalue weighted by atomic mass is 9.89. The summed E-state index contributed by atoms with van der Waals surface area (Å²) in [5, 5.41) is 3.58. The third kappa shape index (κ3) is 5.76. The predicted octanol–water partition coefficient (Wildman–Crippen LogP) is 6.88. The number of nitrogens with one attached hydrogen (secondary N) is 1. The lowest BCUT2D eigenvalue weighted by molar-refractivity contribution is -0.274. The van der Waals surface area contributed by atoms with Crippen LogP contribution in [-0.2, 0) is 6.54 Å². The molecule has 1 N–H and O–H groups in total. The molecule has 1 aliphatic rings. The second-order valence-electron chi connectivity index (χ2n) is 9.39. The molecule has 200 valence electrons. The first kappa shape index (κ1) is 26.4. The molecule has 0 bridgehead atoms. The number of piperidine rings is 1. The summed E-state index contributed by atoms with van der Waals surface area (Å²) < 4.78 is 43.0. The number of fused-ring (bicyclic) bond motifs is 1. The summed E-state index contributed by atoms with van der Waals surface area (Å²) >= 11 is 8.18. The van der Waals surface area contributed by atoms with Crippen molar-refractivity contribution < 1.29 is 22.7 Å². The number of carbonyl (C=O) groups is 1. The number of carbonyl (C=O) groups excluding carboxylic acids is 1. The molecule has 5 rings (SSSR count). The van der Waals surface area contributed by atoms with Crippen LogP contribution < -0.4 is 15.0 Å². The maximum absolute atomic E-state index is 12.9. The van der Waals surface area contributed by atoms with Crippen LogP contribution in [0.5, 0.6) is 5.75 Å². The topological polar surface area (TPSA) is 58.9 Å². The molecule has 0 saturated carbocycles. The summed E-state index contributed by atoms with van der Waals surface area (Å²) in [7, 11) is 0. The van der Waals surface area contributed by atoms with Crippen LogP contribution in [0.3, 0.4) is 0 Å². The molecule has 6 nitrogen and oxygen atoms in total. The van der Waals surface area contributed by atoms with Crippen molar-refractivity contribution in [3.8, 4) is 5.75 Å². The molecule has 1 amide bonds. The number of nitrogens with zero attached hydrogens (tertiary/aromatic N) is 3. The first-order valence-corrected chi connectivity index (χ1v) is 13.4. The molecule has 3 heterocycles. The summed E-state index contributed by atoms with van der Waals surface area (Å²) in [5.74, 6) is -0.144. The van der Waals surface area contributed by atoms with E-state index in [0.29, 0.717) is 23.0 Å². The highest BCUT2D eigenvalue weighted by Crippen LogP contribution is 2.35. The zero-order valence-electron chi connectivity index (χ0n) is 20.8. The van der Waals surface area contributed by atoms with Crippen molar-refractivity contribution in [1.82, 2.24) is 14.7 Å². The van der Waals surface area contributed by atoms with E-state index in [2.05, 4.69) is 19.9 Å². The van der Waals surface area contributed by atoms with E-state index in [0.717, 1.165) is 52.6 Å². The molecule has 4 aromatic rings. The smallest absolute Gasteiger partial charge is 0.406 e. The third-order valence-electron chi connectivity index (χ3n) is 6.72. The van der Waals surface area contributed by atoms with Crippen molar-refractivity contribution in [3.05, 3.63) is 81.1 Å². The Morgan fingerprint density at radius 3 is 2.53 bits per heavy atom. The van der Waals surface area contributed by atoms with Gasteiger partial charge in [0.1, 0.15) is 11.4 Å². The Labute approximate surface area is 227 Å². The Hall–Kier alpha value is -3.24. The van der Waals surface area contributed by atoms with E-state index in [4.69, 9.17) is 11.6 Å². The summed E-state index contributed by atoms with van der Waals surface area (Å²) in [6.07, 6.45) is -1.06. The number of halogens is 4. The minimum absolute atomic E-state index is 0.187. The molecule has 0 spiro atoms. The molecule has 1 saturated heterocycles. The van der Waals surface area contributed by atoms with Crippen molar-refractivity contribution in [2.45, 2.75) is 45.5 Å². The zero-order valence-corrected chi connectivity index (χ0v) is 22.4. The summed E-state index contributed by atoms with van der Waals surface area (Å²) in [4.78, 5) is 21.5. The van der Waals surface area contributed by atoms with Crippen LogP contribution in [0.2, 0.25) is 5.02 Å². The van der Waals surface area contributed by atoms with E-state index in [1.807, 2.05) is 42.6 Å². The van der Waals surface area contributed by atoms with Gasteiger partial charge in [0.15, 0.2) is 4.96 Å². The summed E-state index contributed by atoms with van der Waals surface area (Å²) in [6.45, 7) is 5.70. The Morgan fingerprint density at radius 2 is 1.87 bits per heavy atom. The molecule has 2 aromatic carbocycles. The fourth-order valence-corrected chi connectivity index (χ4v) is 6.11. The van der Waals surface area contributed by atoms with Gasteiger partial charge in [0.2, 0.25) is 0 Å². The quantitative estimate of drug-likeness (QED) is 0.278. The van der Waals surface area contributed by atoms with Gasteiger partial charge in [0, 0.05) is 30.7 Å². The fourth-order valence-electron chi connectivity index (χ4n) is 4.92. The van der Waals surface area contributed by atoms with Gasteiger partial charge in [0.25, 0.3) is 5.91 Å². The van der Waals surface area contributed by atoms with E-state index in [1.54, 1.807) is 23.5 Å². The van der Waals surface area contributed by atoms with Gasteiger partial charge in [-0.15, -0.1) is 24.5 Å². The SMILES string of the molecule is Cc1cn2c(C(=O)NCc3ccc(N4CCC(c5ccc(OC(F)(F)F)cc5)CC4)c(Cl)c3)c(C)nc2s1. The standard InChI is InChI=1S/C27H26ClF3N4O2S/c1-16-15-35-24(17(2)33-26(35)38-16)25(36)32-14-18-3-8-23(22(28)13-18)34-11-9-20(10-12-34)19-4-6-21(7-5-19)37-27(29,30)31/h3-8,13,15,20H,9-12,14H2,1-2H3,(H,32,36). The lowest BCUT2D eigenvalue weighted by Gasteiger charge is -2.34. The average molecular weight is 563 g/mol. The van der Waals surface area contributed by atoms with Crippen LogP contribution in [0.15, 0.2) is 48.7 Å². The van der Waals surface area contributed by atoms with Gasteiger partial charge in [-0.05, 0) is 68.0 Å². The van der Waals surface area contributed by atoms with Crippen LogP contribution in [0.1, 0.15) is 50.9 Å².